The summed E-state index contributed by atoms with van der Waals surface area (Å²) >= 11 is 0. The lowest BCUT2D eigenvalue weighted by Gasteiger charge is -2.10. The van der Waals surface area contributed by atoms with E-state index in [-0.39, 0.29) is 10.6 Å². The molecule has 8 heteroatoms. The largest absolute Gasteiger partial charge is 0.322 e. The van der Waals surface area contributed by atoms with E-state index in [1.165, 1.54) is 6.07 Å². The van der Waals surface area contributed by atoms with E-state index in [2.05, 4.69) is 10.0 Å². The van der Waals surface area contributed by atoms with Crippen molar-refractivity contribution in [2.24, 2.45) is 0 Å². The summed E-state index contributed by atoms with van der Waals surface area (Å²) < 4.78 is 52.8. The first kappa shape index (κ1) is 18.0. The number of halogens is 2. The molecular weight excluding hydrogens is 338 g/mol. The lowest BCUT2D eigenvalue weighted by Crippen LogP contribution is -2.33. The van der Waals surface area contributed by atoms with Gasteiger partial charge in [-0.05, 0) is 37.6 Å². The van der Waals surface area contributed by atoms with Crippen LogP contribution in [0.1, 0.15) is 11.1 Å². The maximum absolute atomic E-state index is 13.4. The Balaban J connectivity index is 2.05. The number of carbonyl (C=O) groups excluding carboxylic acids is 1. The van der Waals surface area contributed by atoms with Crippen molar-refractivity contribution >= 4 is 21.6 Å². The number of carbonyl (C=O) groups is 1. The lowest BCUT2D eigenvalue weighted by molar-refractivity contribution is -0.115. The fourth-order valence-corrected chi connectivity index (χ4v) is 3.33. The monoisotopic (exact) mass is 354 g/mol. The standard InChI is InChI=1S/C16H16F2N2O3S/c1-10-3-6-15(11(2)7-10)24(22,23)19-9-16(21)20-14-5-4-12(17)8-13(14)18/h3-8,19H,9H2,1-2H3,(H,20,21). The van der Waals surface area contributed by atoms with Gasteiger partial charge in [0.25, 0.3) is 0 Å². The van der Waals surface area contributed by atoms with E-state index in [9.17, 15) is 22.0 Å². The first-order chi connectivity index (χ1) is 11.2. The molecule has 0 spiro atoms. The van der Waals surface area contributed by atoms with Gasteiger partial charge in [0.15, 0.2) is 0 Å². The van der Waals surface area contributed by atoms with Crippen LogP contribution in [0.4, 0.5) is 14.5 Å². The Bertz CT molecular complexity index is 883. The van der Waals surface area contributed by atoms with Crippen LogP contribution >= 0.6 is 0 Å². The Morgan fingerprint density at radius 3 is 2.42 bits per heavy atom. The minimum Gasteiger partial charge on any atom is -0.322 e. The molecule has 0 aliphatic carbocycles. The molecule has 0 bridgehead atoms. The van der Waals surface area contributed by atoms with Crippen molar-refractivity contribution in [1.82, 2.24) is 4.72 Å². The number of hydrogen-bond donors (Lipinski definition) is 2. The van der Waals surface area contributed by atoms with E-state index in [1.54, 1.807) is 19.1 Å². The summed E-state index contributed by atoms with van der Waals surface area (Å²) in [5.41, 5.74) is 1.23. The number of aryl methyl sites for hydroxylation is 2. The number of hydrogen-bond acceptors (Lipinski definition) is 3. The summed E-state index contributed by atoms with van der Waals surface area (Å²) in [6.07, 6.45) is 0. The van der Waals surface area contributed by atoms with Gasteiger partial charge in [-0.15, -0.1) is 0 Å². The van der Waals surface area contributed by atoms with Gasteiger partial charge in [-0.25, -0.2) is 21.9 Å². The molecule has 5 nitrogen and oxygen atoms in total. The molecule has 2 rings (SSSR count). The summed E-state index contributed by atoms with van der Waals surface area (Å²) in [5, 5.41) is 2.18. The molecule has 2 aromatic rings. The van der Waals surface area contributed by atoms with E-state index in [0.29, 0.717) is 11.6 Å². The second-order valence-corrected chi connectivity index (χ2v) is 7.00. The maximum Gasteiger partial charge on any atom is 0.241 e. The SMILES string of the molecule is Cc1ccc(S(=O)(=O)NCC(=O)Nc2ccc(F)cc2F)c(C)c1. The molecule has 0 aliphatic heterocycles. The maximum atomic E-state index is 13.4. The Kier molecular flexibility index (Phi) is 5.30. The highest BCUT2D eigenvalue weighted by atomic mass is 32.2. The summed E-state index contributed by atoms with van der Waals surface area (Å²) in [6.45, 7) is 2.91. The molecule has 0 aliphatic rings. The summed E-state index contributed by atoms with van der Waals surface area (Å²) in [6, 6.07) is 7.47. The number of sulfonamides is 1. The topological polar surface area (TPSA) is 75.3 Å². The highest BCUT2D eigenvalue weighted by molar-refractivity contribution is 7.89. The van der Waals surface area contributed by atoms with E-state index >= 15 is 0 Å². The first-order valence-corrected chi connectivity index (χ1v) is 8.49. The summed E-state index contributed by atoms with van der Waals surface area (Å²) in [5.74, 6) is -2.49. The van der Waals surface area contributed by atoms with Crippen LogP contribution in [0.15, 0.2) is 41.3 Å². The van der Waals surface area contributed by atoms with Gasteiger partial charge in [-0.3, -0.25) is 4.79 Å². The molecular formula is C16H16F2N2O3S. The van der Waals surface area contributed by atoms with Crippen molar-refractivity contribution in [2.45, 2.75) is 18.7 Å². The van der Waals surface area contributed by atoms with Crippen LogP contribution in [0.5, 0.6) is 0 Å². The van der Waals surface area contributed by atoms with Gasteiger partial charge in [-0.2, -0.15) is 0 Å². The van der Waals surface area contributed by atoms with Gasteiger partial charge >= 0.3 is 0 Å². The third kappa shape index (κ3) is 4.36. The molecule has 0 heterocycles. The molecule has 0 fully saturated rings. The van der Waals surface area contributed by atoms with Gasteiger partial charge in [0.1, 0.15) is 11.6 Å². The van der Waals surface area contributed by atoms with E-state index in [0.717, 1.165) is 17.7 Å². The van der Waals surface area contributed by atoms with Crippen LogP contribution in [-0.2, 0) is 14.8 Å². The van der Waals surface area contributed by atoms with E-state index in [1.807, 2.05) is 6.92 Å². The third-order valence-corrected chi connectivity index (χ3v) is 4.81. The summed E-state index contributed by atoms with van der Waals surface area (Å²) in [7, 11) is -3.88. The van der Waals surface area contributed by atoms with Gasteiger partial charge in [0, 0.05) is 6.07 Å². The first-order valence-electron chi connectivity index (χ1n) is 7.01. The molecule has 0 aromatic heterocycles. The zero-order valence-corrected chi connectivity index (χ0v) is 13.9. The molecule has 0 saturated heterocycles. The Hall–Kier alpha value is -2.32. The van der Waals surface area contributed by atoms with Crippen molar-refractivity contribution in [3.63, 3.8) is 0 Å². The number of rotatable bonds is 5. The average molecular weight is 354 g/mol. The van der Waals surface area contributed by atoms with Crippen LogP contribution in [0, 0.1) is 25.5 Å². The predicted molar refractivity (Wildman–Crippen MR) is 86.1 cm³/mol. The lowest BCUT2D eigenvalue weighted by atomic mass is 10.2. The minimum absolute atomic E-state index is 0.0638. The molecule has 0 saturated carbocycles. The van der Waals surface area contributed by atoms with Crippen molar-refractivity contribution in [3.8, 4) is 0 Å². The van der Waals surface area contributed by atoms with Crippen molar-refractivity contribution in [1.29, 1.82) is 0 Å². The fraction of sp³-hybridized carbons (Fsp3) is 0.188. The van der Waals surface area contributed by atoms with Gasteiger partial charge in [-0.1, -0.05) is 17.7 Å². The smallest absolute Gasteiger partial charge is 0.241 e. The van der Waals surface area contributed by atoms with Gasteiger partial charge in [0.2, 0.25) is 15.9 Å². The van der Waals surface area contributed by atoms with Crippen LogP contribution in [0.2, 0.25) is 0 Å². The number of benzene rings is 2. The van der Waals surface area contributed by atoms with Gasteiger partial charge in [0.05, 0.1) is 17.1 Å². The van der Waals surface area contributed by atoms with Gasteiger partial charge < -0.3 is 5.32 Å². The fourth-order valence-electron chi connectivity index (χ4n) is 2.12. The molecule has 0 unspecified atom stereocenters. The van der Waals surface area contributed by atoms with Crippen molar-refractivity contribution in [2.75, 3.05) is 11.9 Å². The third-order valence-electron chi connectivity index (χ3n) is 3.25. The molecule has 0 atom stereocenters. The number of amides is 1. The van der Waals surface area contributed by atoms with Crippen molar-refractivity contribution in [3.05, 3.63) is 59.2 Å². The molecule has 2 aromatic carbocycles. The number of nitrogens with one attached hydrogen (secondary N) is 2. The molecule has 128 valence electrons. The van der Waals surface area contributed by atoms with Crippen molar-refractivity contribution < 1.29 is 22.0 Å². The van der Waals surface area contributed by atoms with Crippen LogP contribution in [0.3, 0.4) is 0 Å². The molecule has 1 amide bonds. The Labute approximate surface area is 138 Å². The second kappa shape index (κ2) is 7.06. The summed E-state index contributed by atoms with van der Waals surface area (Å²) in [4.78, 5) is 11.8. The Morgan fingerprint density at radius 1 is 1.08 bits per heavy atom. The average Bonchev–Trinajstić information content (AvgIpc) is 2.48. The van der Waals surface area contributed by atoms with Crippen LogP contribution in [0.25, 0.3) is 0 Å². The van der Waals surface area contributed by atoms with Crippen LogP contribution in [-0.4, -0.2) is 20.9 Å². The van der Waals surface area contributed by atoms with Crippen LogP contribution < -0.4 is 10.0 Å². The predicted octanol–water partition coefficient (Wildman–Crippen LogP) is 2.50. The normalized spacial score (nSPS) is 11.3. The number of anilines is 1. The second-order valence-electron chi connectivity index (χ2n) is 5.27. The Morgan fingerprint density at radius 2 is 1.79 bits per heavy atom. The highest BCUT2D eigenvalue weighted by Crippen LogP contribution is 2.17. The van der Waals surface area contributed by atoms with E-state index in [4.69, 9.17) is 0 Å². The van der Waals surface area contributed by atoms with E-state index < -0.39 is 34.1 Å². The minimum atomic E-state index is -3.88. The molecule has 24 heavy (non-hydrogen) atoms. The zero-order valence-electron chi connectivity index (χ0n) is 13.1. The zero-order chi connectivity index (χ0) is 17.9. The molecule has 2 N–H and O–H groups in total. The molecule has 0 radical (unpaired) electrons. The quantitative estimate of drug-likeness (QED) is 0.866. The highest BCUT2D eigenvalue weighted by Gasteiger charge is 2.18.